The third-order valence-electron chi connectivity index (χ3n) is 2.97. The monoisotopic (exact) mass is 226 g/mol. The van der Waals surface area contributed by atoms with E-state index in [0.29, 0.717) is 0 Å². The van der Waals surface area contributed by atoms with E-state index in [-0.39, 0.29) is 5.92 Å². The fraction of sp³-hybridized carbons (Fsp3) is 0.786. The van der Waals surface area contributed by atoms with Crippen molar-refractivity contribution in [2.24, 2.45) is 5.92 Å². The molecule has 0 aromatic rings. The van der Waals surface area contributed by atoms with Crippen LogP contribution < -0.4 is 0 Å². The van der Waals surface area contributed by atoms with Crippen LogP contribution in [0.15, 0.2) is 12.7 Å². The third-order valence-corrected chi connectivity index (χ3v) is 2.97. The molecule has 94 valence electrons. The Kier molecular flexibility index (Phi) is 10.2. The van der Waals surface area contributed by atoms with E-state index in [2.05, 4.69) is 13.5 Å². The van der Waals surface area contributed by atoms with Crippen LogP contribution in [0.2, 0.25) is 0 Å². The zero-order valence-corrected chi connectivity index (χ0v) is 10.6. The molecule has 16 heavy (non-hydrogen) atoms. The SMILES string of the molecule is C=CCCC(CCCCCCCC)C(=O)O. The van der Waals surface area contributed by atoms with Crippen molar-refractivity contribution in [3.63, 3.8) is 0 Å². The zero-order chi connectivity index (χ0) is 12.2. The fourth-order valence-electron chi connectivity index (χ4n) is 1.88. The van der Waals surface area contributed by atoms with Crippen LogP contribution in [0.5, 0.6) is 0 Å². The molecule has 0 heterocycles. The smallest absolute Gasteiger partial charge is 0.306 e. The van der Waals surface area contributed by atoms with Crippen LogP contribution in [-0.2, 0) is 4.79 Å². The van der Waals surface area contributed by atoms with Crippen LogP contribution in [0.4, 0.5) is 0 Å². The molecule has 0 aromatic carbocycles. The maximum atomic E-state index is 10.9. The largest absolute Gasteiger partial charge is 0.481 e. The Morgan fingerprint density at radius 3 is 2.38 bits per heavy atom. The highest BCUT2D eigenvalue weighted by Crippen LogP contribution is 2.17. The Bertz CT molecular complexity index is 187. The molecular weight excluding hydrogens is 200 g/mol. The van der Waals surface area contributed by atoms with Crippen molar-refractivity contribution < 1.29 is 9.90 Å². The number of allylic oxidation sites excluding steroid dienone is 1. The quantitative estimate of drug-likeness (QED) is 0.418. The Hall–Kier alpha value is -0.790. The lowest BCUT2D eigenvalue weighted by atomic mass is 9.96. The summed E-state index contributed by atoms with van der Waals surface area (Å²) in [4.78, 5) is 10.9. The van der Waals surface area contributed by atoms with Gasteiger partial charge in [-0.3, -0.25) is 4.79 Å². The summed E-state index contributed by atoms with van der Waals surface area (Å²) in [5, 5.41) is 9.01. The van der Waals surface area contributed by atoms with Crippen LogP contribution in [0.25, 0.3) is 0 Å². The molecule has 0 aliphatic heterocycles. The Labute approximate surface area is 99.7 Å². The average molecular weight is 226 g/mol. The van der Waals surface area contributed by atoms with Crippen molar-refractivity contribution in [1.29, 1.82) is 0 Å². The van der Waals surface area contributed by atoms with Crippen LogP contribution in [0.3, 0.4) is 0 Å². The normalized spacial score (nSPS) is 12.3. The minimum atomic E-state index is -0.643. The van der Waals surface area contributed by atoms with Gasteiger partial charge in [-0.2, -0.15) is 0 Å². The topological polar surface area (TPSA) is 37.3 Å². The summed E-state index contributed by atoms with van der Waals surface area (Å²) < 4.78 is 0. The van der Waals surface area contributed by atoms with Crippen molar-refractivity contribution in [1.82, 2.24) is 0 Å². The van der Waals surface area contributed by atoms with Gasteiger partial charge in [0.1, 0.15) is 0 Å². The molecule has 0 aromatic heterocycles. The molecule has 0 bridgehead atoms. The van der Waals surface area contributed by atoms with Gasteiger partial charge in [0.25, 0.3) is 0 Å². The minimum Gasteiger partial charge on any atom is -0.481 e. The first-order chi connectivity index (χ1) is 7.72. The number of carboxylic acid groups (broad SMARTS) is 1. The van der Waals surface area contributed by atoms with Gasteiger partial charge in [0.2, 0.25) is 0 Å². The van der Waals surface area contributed by atoms with E-state index < -0.39 is 5.97 Å². The molecule has 0 amide bonds. The van der Waals surface area contributed by atoms with E-state index in [9.17, 15) is 4.79 Å². The lowest BCUT2D eigenvalue weighted by Gasteiger charge is -2.10. The van der Waals surface area contributed by atoms with E-state index in [4.69, 9.17) is 5.11 Å². The number of aliphatic carboxylic acids is 1. The van der Waals surface area contributed by atoms with Crippen molar-refractivity contribution in [2.45, 2.75) is 64.7 Å². The summed E-state index contributed by atoms with van der Waals surface area (Å²) in [5.74, 6) is -0.806. The van der Waals surface area contributed by atoms with Crippen LogP contribution in [0.1, 0.15) is 64.7 Å². The Morgan fingerprint density at radius 2 is 1.81 bits per heavy atom. The highest BCUT2D eigenvalue weighted by Gasteiger charge is 2.15. The van der Waals surface area contributed by atoms with Gasteiger partial charge in [-0.1, -0.05) is 51.5 Å². The van der Waals surface area contributed by atoms with Gasteiger partial charge in [-0.25, -0.2) is 0 Å². The second-order valence-corrected chi connectivity index (χ2v) is 4.46. The molecule has 0 saturated carbocycles. The zero-order valence-electron chi connectivity index (χ0n) is 10.6. The molecule has 0 spiro atoms. The molecule has 1 unspecified atom stereocenters. The second kappa shape index (κ2) is 10.7. The molecule has 2 heteroatoms. The Balaban J connectivity index is 3.52. The molecule has 2 nitrogen and oxygen atoms in total. The number of hydrogen-bond acceptors (Lipinski definition) is 1. The summed E-state index contributed by atoms with van der Waals surface area (Å²) in [6, 6.07) is 0. The number of carbonyl (C=O) groups is 1. The first-order valence-corrected chi connectivity index (χ1v) is 6.56. The van der Waals surface area contributed by atoms with E-state index in [1.807, 2.05) is 0 Å². The van der Waals surface area contributed by atoms with Gasteiger partial charge in [-0.15, -0.1) is 6.58 Å². The highest BCUT2D eigenvalue weighted by molar-refractivity contribution is 5.69. The number of hydrogen-bond donors (Lipinski definition) is 1. The van der Waals surface area contributed by atoms with Crippen molar-refractivity contribution in [3.05, 3.63) is 12.7 Å². The van der Waals surface area contributed by atoms with Crippen molar-refractivity contribution in [3.8, 4) is 0 Å². The summed E-state index contributed by atoms with van der Waals surface area (Å²) in [7, 11) is 0. The number of carboxylic acids is 1. The van der Waals surface area contributed by atoms with E-state index >= 15 is 0 Å². The summed E-state index contributed by atoms with van der Waals surface area (Å²) in [6.07, 6.45) is 11.5. The van der Waals surface area contributed by atoms with Gasteiger partial charge in [-0.05, 0) is 19.3 Å². The fourth-order valence-corrected chi connectivity index (χ4v) is 1.88. The maximum Gasteiger partial charge on any atom is 0.306 e. The standard InChI is InChI=1S/C14H26O2/c1-3-5-7-8-9-10-12-13(14(15)16)11-6-4-2/h4,13H,2-3,5-12H2,1H3,(H,15,16). The van der Waals surface area contributed by atoms with Gasteiger partial charge in [0.15, 0.2) is 0 Å². The molecule has 0 rings (SSSR count). The van der Waals surface area contributed by atoms with Crippen molar-refractivity contribution in [2.75, 3.05) is 0 Å². The first kappa shape index (κ1) is 15.2. The first-order valence-electron chi connectivity index (χ1n) is 6.56. The molecular formula is C14H26O2. The van der Waals surface area contributed by atoms with E-state index in [0.717, 1.165) is 25.7 Å². The summed E-state index contributed by atoms with van der Waals surface area (Å²) in [6.45, 7) is 5.83. The van der Waals surface area contributed by atoms with E-state index in [1.165, 1.54) is 32.1 Å². The third kappa shape index (κ3) is 8.51. The van der Waals surface area contributed by atoms with Gasteiger partial charge in [0, 0.05) is 0 Å². The lowest BCUT2D eigenvalue weighted by Crippen LogP contribution is -2.13. The maximum absolute atomic E-state index is 10.9. The van der Waals surface area contributed by atoms with E-state index in [1.54, 1.807) is 6.08 Å². The van der Waals surface area contributed by atoms with Crippen LogP contribution in [-0.4, -0.2) is 11.1 Å². The molecule has 0 aliphatic rings. The molecule has 1 atom stereocenters. The van der Waals surface area contributed by atoms with Gasteiger partial charge >= 0.3 is 5.97 Å². The molecule has 0 fully saturated rings. The Morgan fingerprint density at radius 1 is 1.19 bits per heavy atom. The average Bonchev–Trinajstić information content (AvgIpc) is 2.26. The summed E-state index contributed by atoms with van der Waals surface area (Å²) >= 11 is 0. The highest BCUT2D eigenvalue weighted by atomic mass is 16.4. The molecule has 0 saturated heterocycles. The number of unbranched alkanes of at least 4 members (excludes halogenated alkanes) is 5. The van der Waals surface area contributed by atoms with Crippen LogP contribution >= 0.6 is 0 Å². The predicted molar refractivity (Wildman–Crippen MR) is 68.5 cm³/mol. The minimum absolute atomic E-state index is 0.163. The second-order valence-electron chi connectivity index (χ2n) is 4.46. The molecule has 0 radical (unpaired) electrons. The molecule has 1 N–H and O–H groups in total. The van der Waals surface area contributed by atoms with Gasteiger partial charge < -0.3 is 5.11 Å². The number of rotatable bonds is 11. The van der Waals surface area contributed by atoms with Gasteiger partial charge in [0.05, 0.1) is 5.92 Å². The predicted octanol–water partition coefficient (Wildman–Crippen LogP) is 4.40. The lowest BCUT2D eigenvalue weighted by molar-refractivity contribution is -0.142. The molecule has 0 aliphatic carbocycles. The van der Waals surface area contributed by atoms with Crippen molar-refractivity contribution >= 4 is 5.97 Å². The van der Waals surface area contributed by atoms with Crippen LogP contribution in [0, 0.1) is 5.92 Å². The summed E-state index contributed by atoms with van der Waals surface area (Å²) in [5.41, 5.74) is 0.